The van der Waals surface area contributed by atoms with Gasteiger partial charge in [0.05, 0.1) is 5.02 Å². The van der Waals surface area contributed by atoms with E-state index < -0.39 is 35.3 Å². The van der Waals surface area contributed by atoms with Gasteiger partial charge in [0.25, 0.3) is 0 Å². The molecule has 0 spiro atoms. The molecule has 0 fully saturated rings. The van der Waals surface area contributed by atoms with E-state index in [2.05, 4.69) is 5.32 Å². The standard InChI is InChI=1S/C14H17ClFNO5/c1-14(2,3)22-13(21)17-10(12(19)20)5-7-4-8(16)6-9(15)11(7)18/h4,6,10,18H,5H2,1-3H3,(H,17,21)(H,19,20). The number of halogens is 2. The monoisotopic (exact) mass is 333 g/mol. The maximum absolute atomic E-state index is 13.3. The zero-order chi connectivity index (χ0) is 17.1. The molecule has 1 unspecified atom stereocenters. The van der Waals surface area contributed by atoms with Crippen LogP contribution in [0.25, 0.3) is 0 Å². The SMILES string of the molecule is CC(C)(C)OC(=O)NC(Cc1cc(F)cc(Cl)c1O)C(=O)O. The van der Waals surface area contributed by atoms with Gasteiger partial charge in [-0.15, -0.1) is 0 Å². The normalized spacial score (nSPS) is 12.6. The molecule has 22 heavy (non-hydrogen) atoms. The number of aromatic hydroxyl groups is 1. The van der Waals surface area contributed by atoms with Gasteiger partial charge in [-0.25, -0.2) is 14.0 Å². The van der Waals surface area contributed by atoms with Crippen LogP contribution >= 0.6 is 11.6 Å². The van der Waals surface area contributed by atoms with Gasteiger partial charge in [-0.2, -0.15) is 0 Å². The summed E-state index contributed by atoms with van der Waals surface area (Å²) in [6, 6.07) is 0.449. The molecule has 1 aromatic carbocycles. The summed E-state index contributed by atoms with van der Waals surface area (Å²) in [6.07, 6.45) is -1.28. The number of rotatable bonds is 4. The molecule has 0 saturated carbocycles. The van der Waals surface area contributed by atoms with E-state index in [0.29, 0.717) is 0 Å². The van der Waals surface area contributed by atoms with E-state index in [1.165, 1.54) is 0 Å². The number of nitrogens with one attached hydrogen (secondary N) is 1. The lowest BCUT2D eigenvalue weighted by molar-refractivity contribution is -0.139. The Kier molecular flexibility index (Phi) is 5.59. The molecule has 3 N–H and O–H groups in total. The Morgan fingerprint density at radius 2 is 2.00 bits per heavy atom. The molecule has 1 rings (SSSR count). The summed E-state index contributed by atoms with van der Waals surface area (Å²) in [5.41, 5.74) is -0.828. The second-order valence-corrected chi connectivity index (χ2v) is 6.04. The van der Waals surface area contributed by atoms with E-state index in [0.717, 1.165) is 12.1 Å². The second kappa shape index (κ2) is 6.83. The molecule has 0 radical (unpaired) electrons. The van der Waals surface area contributed by atoms with E-state index in [-0.39, 0.29) is 17.0 Å². The van der Waals surface area contributed by atoms with Crippen LogP contribution in [-0.4, -0.2) is 33.9 Å². The van der Waals surface area contributed by atoms with Crippen molar-refractivity contribution in [1.29, 1.82) is 0 Å². The van der Waals surface area contributed by atoms with Crippen LogP contribution in [0.2, 0.25) is 5.02 Å². The highest BCUT2D eigenvalue weighted by molar-refractivity contribution is 6.32. The molecule has 0 saturated heterocycles. The van der Waals surface area contributed by atoms with Crippen LogP contribution in [0.1, 0.15) is 26.3 Å². The molecule has 0 aromatic heterocycles. The van der Waals surface area contributed by atoms with Crippen molar-refractivity contribution in [3.8, 4) is 5.75 Å². The fourth-order valence-electron chi connectivity index (χ4n) is 1.64. The van der Waals surface area contributed by atoms with E-state index in [9.17, 15) is 19.1 Å². The molecular weight excluding hydrogens is 317 g/mol. The van der Waals surface area contributed by atoms with Crippen molar-refractivity contribution in [3.63, 3.8) is 0 Å². The average Bonchev–Trinajstić information content (AvgIpc) is 2.31. The Hall–Kier alpha value is -2.02. The number of alkyl carbamates (subject to hydrolysis) is 1. The lowest BCUT2D eigenvalue weighted by Crippen LogP contribution is -2.44. The van der Waals surface area contributed by atoms with Crippen LogP contribution < -0.4 is 5.32 Å². The summed E-state index contributed by atoms with van der Waals surface area (Å²) < 4.78 is 18.2. The highest BCUT2D eigenvalue weighted by atomic mass is 35.5. The molecule has 0 aliphatic rings. The summed E-state index contributed by atoms with van der Waals surface area (Å²) in [5.74, 6) is -2.51. The maximum Gasteiger partial charge on any atom is 0.408 e. The van der Waals surface area contributed by atoms with Gasteiger partial charge in [0.1, 0.15) is 23.2 Å². The Morgan fingerprint density at radius 3 is 2.50 bits per heavy atom. The predicted molar refractivity (Wildman–Crippen MR) is 77.6 cm³/mol. The van der Waals surface area contributed by atoms with Crippen molar-refractivity contribution in [1.82, 2.24) is 5.32 Å². The van der Waals surface area contributed by atoms with Crippen molar-refractivity contribution in [2.75, 3.05) is 0 Å². The molecular formula is C14H17ClFNO5. The Morgan fingerprint density at radius 1 is 1.41 bits per heavy atom. The molecule has 0 aliphatic heterocycles. The first-order valence-corrected chi connectivity index (χ1v) is 6.76. The smallest absolute Gasteiger partial charge is 0.408 e. The minimum absolute atomic E-state index is 0.0338. The second-order valence-electron chi connectivity index (χ2n) is 5.64. The maximum atomic E-state index is 13.3. The van der Waals surface area contributed by atoms with Crippen LogP contribution in [0.5, 0.6) is 5.75 Å². The third-order valence-corrected chi connectivity index (χ3v) is 2.81. The van der Waals surface area contributed by atoms with Crippen LogP contribution in [0.4, 0.5) is 9.18 Å². The minimum atomic E-state index is -1.40. The first-order valence-electron chi connectivity index (χ1n) is 6.39. The number of carbonyl (C=O) groups excluding carboxylic acids is 1. The first kappa shape index (κ1) is 18.0. The summed E-state index contributed by atoms with van der Waals surface area (Å²) in [4.78, 5) is 22.8. The number of carbonyl (C=O) groups is 2. The van der Waals surface area contributed by atoms with Gasteiger partial charge < -0.3 is 20.3 Å². The zero-order valence-electron chi connectivity index (χ0n) is 12.3. The summed E-state index contributed by atoms with van der Waals surface area (Å²) in [6.45, 7) is 4.88. The van der Waals surface area contributed by atoms with E-state index >= 15 is 0 Å². The quantitative estimate of drug-likeness (QED) is 0.787. The highest BCUT2D eigenvalue weighted by Crippen LogP contribution is 2.29. The number of carboxylic acids is 1. The number of hydrogen-bond acceptors (Lipinski definition) is 4. The number of carboxylic acid groups (broad SMARTS) is 1. The number of hydrogen-bond donors (Lipinski definition) is 3. The van der Waals surface area contributed by atoms with Crippen LogP contribution in [0.15, 0.2) is 12.1 Å². The summed E-state index contributed by atoms with van der Waals surface area (Å²) in [5, 5.41) is 20.8. The Labute approximate surface area is 131 Å². The van der Waals surface area contributed by atoms with Gasteiger partial charge >= 0.3 is 12.1 Å². The van der Waals surface area contributed by atoms with E-state index in [4.69, 9.17) is 21.4 Å². The van der Waals surface area contributed by atoms with Crippen molar-refractivity contribution in [3.05, 3.63) is 28.5 Å². The summed E-state index contributed by atoms with van der Waals surface area (Å²) >= 11 is 5.63. The lowest BCUT2D eigenvalue weighted by atomic mass is 10.0. The average molecular weight is 334 g/mol. The fraction of sp³-hybridized carbons (Fsp3) is 0.429. The third-order valence-electron chi connectivity index (χ3n) is 2.52. The van der Waals surface area contributed by atoms with Crippen molar-refractivity contribution >= 4 is 23.7 Å². The van der Waals surface area contributed by atoms with Gasteiger partial charge in [-0.1, -0.05) is 11.6 Å². The predicted octanol–water partition coefficient (Wildman–Crippen LogP) is 2.71. The molecule has 8 heteroatoms. The number of ether oxygens (including phenoxy) is 1. The van der Waals surface area contributed by atoms with Crippen LogP contribution in [0.3, 0.4) is 0 Å². The summed E-state index contributed by atoms with van der Waals surface area (Å²) in [7, 11) is 0. The Bertz CT molecular complexity index is 585. The van der Waals surface area contributed by atoms with Gasteiger partial charge in [-0.05, 0) is 32.9 Å². The number of benzene rings is 1. The van der Waals surface area contributed by atoms with Gasteiger partial charge in [0.15, 0.2) is 0 Å². The molecule has 0 heterocycles. The van der Waals surface area contributed by atoms with Gasteiger partial charge in [0, 0.05) is 12.0 Å². The number of phenolic OH excluding ortho intramolecular Hbond substituents is 1. The third kappa shape index (κ3) is 5.40. The largest absolute Gasteiger partial charge is 0.506 e. The van der Waals surface area contributed by atoms with Crippen molar-refractivity contribution < 1.29 is 28.9 Å². The molecule has 1 amide bonds. The van der Waals surface area contributed by atoms with Crippen LogP contribution in [0, 0.1) is 5.82 Å². The Balaban J connectivity index is 2.90. The lowest BCUT2D eigenvalue weighted by Gasteiger charge is -2.22. The topological polar surface area (TPSA) is 95.9 Å². The minimum Gasteiger partial charge on any atom is -0.506 e. The molecule has 1 aromatic rings. The van der Waals surface area contributed by atoms with E-state index in [1.54, 1.807) is 20.8 Å². The zero-order valence-corrected chi connectivity index (χ0v) is 13.1. The van der Waals surface area contributed by atoms with Crippen LogP contribution in [-0.2, 0) is 16.0 Å². The molecule has 0 bridgehead atoms. The molecule has 0 aliphatic carbocycles. The number of amides is 1. The number of aliphatic carboxylic acids is 1. The van der Waals surface area contributed by atoms with Crippen molar-refractivity contribution in [2.24, 2.45) is 0 Å². The number of phenols is 1. The van der Waals surface area contributed by atoms with Gasteiger partial charge in [-0.3, -0.25) is 0 Å². The fourth-order valence-corrected chi connectivity index (χ4v) is 1.87. The van der Waals surface area contributed by atoms with E-state index in [1.807, 2.05) is 0 Å². The first-order chi connectivity index (χ1) is 9.99. The molecule has 1 atom stereocenters. The van der Waals surface area contributed by atoms with Gasteiger partial charge in [0.2, 0.25) is 0 Å². The molecule has 6 nitrogen and oxygen atoms in total. The van der Waals surface area contributed by atoms with Crippen molar-refractivity contribution in [2.45, 2.75) is 38.8 Å². The molecule has 122 valence electrons. The highest BCUT2D eigenvalue weighted by Gasteiger charge is 2.25.